The van der Waals surface area contributed by atoms with Gasteiger partial charge < -0.3 is 25.0 Å². The summed E-state index contributed by atoms with van der Waals surface area (Å²) in [6.45, 7) is 3.79. The third kappa shape index (κ3) is 5.46. The fraction of sp³-hybridized carbons (Fsp3) is 0.250. The molecule has 6 rings (SSSR count). The van der Waals surface area contributed by atoms with Crippen molar-refractivity contribution in [3.8, 4) is 0 Å². The van der Waals surface area contributed by atoms with Gasteiger partial charge in [-0.15, -0.1) is 10.2 Å². The zero-order valence-electron chi connectivity index (χ0n) is 21.9. The molecular formula is C28H27N7O3S2. The first-order valence-corrected chi connectivity index (χ1v) is 14.4. The van der Waals surface area contributed by atoms with Gasteiger partial charge in [-0.2, -0.15) is 0 Å². The van der Waals surface area contributed by atoms with Crippen LogP contribution in [0.5, 0.6) is 0 Å². The summed E-state index contributed by atoms with van der Waals surface area (Å²) in [5, 5.41) is 23.8. The van der Waals surface area contributed by atoms with E-state index < -0.39 is 5.97 Å². The highest BCUT2D eigenvalue weighted by atomic mass is 32.1. The number of benzene rings is 2. The fourth-order valence-electron chi connectivity index (χ4n) is 4.52. The van der Waals surface area contributed by atoms with Crippen LogP contribution in [0.3, 0.4) is 0 Å². The Bertz CT molecular complexity index is 1620. The van der Waals surface area contributed by atoms with E-state index >= 15 is 0 Å². The maximum atomic E-state index is 12.1. The number of aromatic carboxylic acids is 1. The van der Waals surface area contributed by atoms with E-state index in [1.807, 2.05) is 74.6 Å². The number of hydrogen-bond donors (Lipinski definition) is 2. The van der Waals surface area contributed by atoms with E-state index in [-0.39, 0.29) is 11.8 Å². The molecular weight excluding hydrogens is 546 g/mol. The molecule has 1 aliphatic rings. The molecule has 204 valence electrons. The molecule has 1 fully saturated rings. The van der Waals surface area contributed by atoms with Gasteiger partial charge in [0.05, 0.1) is 22.9 Å². The lowest BCUT2D eigenvalue weighted by molar-refractivity contribution is 0.0553. The van der Waals surface area contributed by atoms with Crippen molar-refractivity contribution in [2.24, 2.45) is 0 Å². The Morgan fingerprint density at radius 1 is 1.12 bits per heavy atom. The number of carbonyl (C=O) groups is 1. The lowest BCUT2D eigenvalue weighted by Crippen LogP contribution is -2.23. The average molecular weight is 574 g/mol. The number of aryl methyl sites for hydroxylation is 1. The molecule has 12 heteroatoms. The van der Waals surface area contributed by atoms with Gasteiger partial charge in [-0.1, -0.05) is 65.1 Å². The molecule has 0 aliphatic carbocycles. The zero-order chi connectivity index (χ0) is 27.6. The van der Waals surface area contributed by atoms with Crippen LogP contribution in [0.25, 0.3) is 10.2 Å². The van der Waals surface area contributed by atoms with Crippen LogP contribution in [0, 0.1) is 6.92 Å². The first-order valence-electron chi connectivity index (χ1n) is 12.8. The number of nitrogens with zero attached hydrogens (tertiary/aromatic N) is 6. The molecule has 40 heavy (non-hydrogen) atoms. The highest BCUT2D eigenvalue weighted by molar-refractivity contribution is 7.22. The number of thiazole rings is 2. The third-order valence-corrected chi connectivity index (χ3v) is 8.83. The van der Waals surface area contributed by atoms with Crippen molar-refractivity contribution in [1.82, 2.24) is 20.2 Å². The van der Waals surface area contributed by atoms with Gasteiger partial charge >= 0.3 is 5.97 Å². The predicted octanol–water partition coefficient (Wildman–Crippen LogP) is 5.86. The SMILES string of the molecule is Cc1cc(N(C)c2nc(C(=O)O)c(N3CC[C@H](OCc4ccccc4)C3)s2)nnc1Nc1nc2ccccc2s1. The quantitative estimate of drug-likeness (QED) is 0.222. The summed E-state index contributed by atoms with van der Waals surface area (Å²) in [5.74, 6) is 0.119. The van der Waals surface area contributed by atoms with E-state index in [1.54, 1.807) is 16.2 Å². The summed E-state index contributed by atoms with van der Waals surface area (Å²) in [5.41, 5.74) is 2.96. The monoisotopic (exact) mass is 573 g/mol. The topological polar surface area (TPSA) is 117 Å². The van der Waals surface area contributed by atoms with Gasteiger partial charge in [-0.05, 0) is 42.7 Å². The summed E-state index contributed by atoms with van der Waals surface area (Å²) < 4.78 is 7.20. The van der Waals surface area contributed by atoms with E-state index in [9.17, 15) is 9.90 Å². The van der Waals surface area contributed by atoms with E-state index in [1.165, 1.54) is 11.3 Å². The molecule has 10 nitrogen and oxygen atoms in total. The van der Waals surface area contributed by atoms with Gasteiger partial charge in [0.1, 0.15) is 5.00 Å². The summed E-state index contributed by atoms with van der Waals surface area (Å²) >= 11 is 2.88. The molecule has 4 heterocycles. The molecule has 0 saturated carbocycles. The molecule has 1 aliphatic heterocycles. The van der Waals surface area contributed by atoms with Crippen molar-refractivity contribution in [3.05, 3.63) is 77.5 Å². The Labute approximate surface area is 238 Å². The zero-order valence-corrected chi connectivity index (χ0v) is 23.6. The minimum Gasteiger partial charge on any atom is -0.476 e. The smallest absolute Gasteiger partial charge is 0.357 e. The number of anilines is 5. The van der Waals surface area contributed by atoms with Crippen LogP contribution in [0.1, 0.15) is 28.0 Å². The van der Waals surface area contributed by atoms with Gasteiger partial charge in [0.2, 0.25) is 0 Å². The molecule has 0 amide bonds. The van der Waals surface area contributed by atoms with Crippen molar-refractivity contribution in [1.29, 1.82) is 0 Å². The van der Waals surface area contributed by atoms with Crippen molar-refractivity contribution in [3.63, 3.8) is 0 Å². The van der Waals surface area contributed by atoms with E-state index in [4.69, 9.17) is 4.74 Å². The van der Waals surface area contributed by atoms with Crippen molar-refractivity contribution in [2.45, 2.75) is 26.1 Å². The van der Waals surface area contributed by atoms with Gasteiger partial charge in [-0.25, -0.2) is 14.8 Å². The van der Waals surface area contributed by atoms with Gasteiger partial charge in [0.25, 0.3) is 0 Å². The average Bonchev–Trinajstić information content (AvgIpc) is 3.71. The Hall–Kier alpha value is -4.13. The predicted molar refractivity (Wildman–Crippen MR) is 159 cm³/mol. The van der Waals surface area contributed by atoms with Crippen LogP contribution in [0.15, 0.2) is 60.7 Å². The van der Waals surface area contributed by atoms with Crippen molar-refractivity contribution < 1.29 is 14.6 Å². The number of nitrogens with one attached hydrogen (secondary N) is 1. The summed E-state index contributed by atoms with van der Waals surface area (Å²) in [6, 6.07) is 19.9. The number of carboxylic acid groups (broad SMARTS) is 1. The number of ether oxygens (including phenoxy) is 1. The Morgan fingerprint density at radius 3 is 2.70 bits per heavy atom. The first kappa shape index (κ1) is 26.1. The van der Waals surface area contributed by atoms with E-state index in [0.29, 0.717) is 41.5 Å². The standard InChI is InChI=1S/C28H27N7O3S2/c1-17-14-22(32-33-24(17)31-27-29-20-10-6-7-11-21(20)39-27)34(2)28-30-23(26(36)37)25(40-28)35-13-12-19(15-35)38-16-18-8-4-3-5-9-18/h3-11,14,19H,12-13,15-16H2,1-2H3,(H,36,37)(H,29,31,33)/t19-/m0/s1. The third-order valence-electron chi connectivity index (χ3n) is 6.68. The Kier molecular flexibility index (Phi) is 7.29. The van der Waals surface area contributed by atoms with Crippen molar-refractivity contribution >= 4 is 65.8 Å². The molecule has 5 aromatic rings. The van der Waals surface area contributed by atoms with Gasteiger partial charge in [0, 0.05) is 20.1 Å². The molecule has 2 N–H and O–H groups in total. The second kappa shape index (κ2) is 11.2. The minimum absolute atomic E-state index is 0.0223. The minimum atomic E-state index is -1.06. The second-order valence-corrected chi connectivity index (χ2v) is 11.5. The summed E-state index contributed by atoms with van der Waals surface area (Å²) in [6.07, 6.45) is 0.845. The van der Waals surface area contributed by atoms with Gasteiger partial charge in [0.15, 0.2) is 27.6 Å². The van der Waals surface area contributed by atoms with Crippen LogP contribution in [-0.2, 0) is 11.3 Å². The van der Waals surface area contributed by atoms with Crippen LogP contribution in [0.2, 0.25) is 0 Å². The van der Waals surface area contributed by atoms with Crippen LogP contribution in [-0.4, -0.2) is 57.5 Å². The number of aromatic nitrogens is 4. The lowest BCUT2D eigenvalue weighted by Gasteiger charge is -2.17. The molecule has 0 bridgehead atoms. The number of fused-ring (bicyclic) bond motifs is 1. The number of hydrogen-bond acceptors (Lipinski definition) is 11. The largest absolute Gasteiger partial charge is 0.476 e. The van der Waals surface area contributed by atoms with Crippen molar-refractivity contribution in [2.75, 3.05) is 35.3 Å². The molecule has 1 atom stereocenters. The number of carboxylic acids is 1. The summed E-state index contributed by atoms with van der Waals surface area (Å²) in [4.78, 5) is 25.0. The van der Waals surface area contributed by atoms with E-state index in [0.717, 1.165) is 32.9 Å². The summed E-state index contributed by atoms with van der Waals surface area (Å²) in [7, 11) is 1.81. The fourth-order valence-corrected chi connectivity index (χ4v) is 6.45. The highest BCUT2D eigenvalue weighted by Gasteiger charge is 2.30. The van der Waals surface area contributed by atoms with Crippen LogP contribution >= 0.6 is 22.7 Å². The molecule has 1 saturated heterocycles. The van der Waals surface area contributed by atoms with E-state index in [2.05, 4.69) is 30.4 Å². The molecule has 0 radical (unpaired) electrons. The second-order valence-electron chi connectivity index (χ2n) is 9.51. The number of rotatable bonds is 9. The Morgan fingerprint density at radius 2 is 1.93 bits per heavy atom. The Balaban J connectivity index is 1.16. The molecule has 3 aromatic heterocycles. The molecule has 2 aromatic carbocycles. The highest BCUT2D eigenvalue weighted by Crippen LogP contribution is 2.38. The first-order chi connectivity index (χ1) is 19.4. The lowest BCUT2D eigenvalue weighted by atomic mass is 10.2. The maximum absolute atomic E-state index is 12.1. The molecule has 0 unspecified atom stereocenters. The molecule has 0 spiro atoms. The van der Waals surface area contributed by atoms with Crippen LogP contribution < -0.4 is 15.1 Å². The van der Waals surface area contributed by atoms with Crippen LogP contribution in [0.4, 0.5) is 26.9 Å². The maximum Gasteiger partial charge on any atom is 0.357 e. The normalized spacial score (nSPS) is 15.1. The number of para-hydroxylation sites is 1. The van der Waals surface area contributed by atoms with Gasteiger partial charge in [-0.3, -0.25) is 0 Å².